The predicted molar refractivity (Wildman–Crippen MR) is 68.7 cm³/mol. The van der Waals surface area contributed by atoms with Crippen LogP contribution in [0, 0.1) is 18.6 Å². The first-order chi connectivity index (χ1) is 9.16. The molecule has 1 fully saturated rings. The van der Waals surface area contributed by atoms with Crippen molar-refractivity contribution in [2.45, 2.75) is 32.4 Å². The molecule has 1 N–H and O–H groups in total. The first kappa shape index (κ1) is 12.4. The molecule has 2 aromatic rings. The van der Waals surface area contributed by atoms with E-state index in [1.165, 1.54) is 18.4 Å². The van der Waals surface area contributed by atoms with Gasteiger partial charge in [-0.3, -0.25) is 0 Å². The van der Waals surface area contributed by atoms with Crippen LogP contribution in [0.25, 0.3) is 11.1 Å². The summed E-state index contributed by atoms with van der Waals surface area (Å²) in [5, 5.41) is 3.28. The Morgan fingerprint density at radius 2 is 2.05 bits per heavy atom. The van der Waals surface area contributed by atoms with Crippen LogP contribution in [0.15, 0.2) is 28.9 Å². The molecule has 0 saturated heterocycles. The first-order valence-corrected chi connectivity index (χ1v) is 6.41. The van der Waals surface area contributed by atoms with E-state index >= 15 is 0 Å². The van der Waals surface area contributed by atoms with Crippen molar-refractivity contribution >= 4 is 0 Å². The highest BCUT2D eigenvalue weighted by atomic mass is 19.1. The second kappa shape index (κ2) is 4.78. The Balaban J connectivity index is 1.97. The summed E-state index contributed by atoms with van der Waals surface area (Å²) >= 11 is 0. The van der Waals surface area contributed by atoms with Gasteiger partial charge in [0.1, 0.15) is 17.4 Å². The van der Waals surface area contributed by atoms with E-state index in [4.69, 9.17) is 4.42 Å². The monoisotopic (exact) mass is 263 g/mol. The SMILES string of the molecule is Cc1ccc(F)c(-c2ccoc2CNC2CC2)c1F. The van der Waals surface area contributed by atoms with Crippen molar-refractivity contribution in [2.24, 2.45) is 0 Å². The molecule has 0 amide bonds. The topological polar surface area (TPSA) is 25.2 Å². The Bertz CT molecular complexity index is 602. The predicted octanol–water partition coefficient (Wildman–Crippen LogP) is 3.79. The van der Waals surface area contributed by atoms with Gasteiger partial charge in [0.25, 0.3) is 0 Å². The van der Waals surface area contributed by atoms with Crippen LogP contribution in [0.2, 0.25) is 0 Å². The van der Waals surface area contributed by atoms with Gasteiger partial charge in [0.05, 0.1) is 18.4 Å². The van der Waals surface area contributed by atoms with Crippen molar-refractivity contribution in [1.29, 1.82) is 0 Å². The van der Waals surface area contributed by atoms with Crippen LogP contribution in [-0.4, -0.2) is 6.04 Å². The maximum absolute atomic E-state index is 14.1. The largest absolute Gasteiger partial charge is 0.467 e. The van der Waals surface area contributed by atoms with E-state index in [1.807, 2.05) is 0 Å². The second-order valence-electron chi connectivity index (χ2n) is 4.97. The summed E-state index contributed by atoms with van der Waals surface area (Å²) in [6, 6.07) is 4.87. The van der Waals surface area contributed by atoms with Gasteiger partial charge in [0.15, 0.2) is 0 Å². The van der Waals surface area contributed by atoms with Gasteiger partial charge in [-0.25, -0.2) is 8.78 Å². The van der Waals surface area contributed by atoms with Crippen LogP contribution < -0.4 is 5.32 Å². The maximum Gasteiger partial charge on any atom is 0.137 e. The van der Waals surface area contributed by atoms with Crippen molar-refractivity contribution < 1.29 is 13.2 Å². The molecule has 0 bridgehead atoms. The lowest BCUT2D eigenvalue weighted by molar-refractivity contribution is 0.482. The van der Waals surface area contributed by atoms with Gasteiger partial charge < -0.3 is 9.73 Å². The minimum Gasteiger partial charge on any atom is -0.467 e. The number of aryl methyl sites for hydroxylation is 1. The molecule has 0 spiro atoms. The van der Waals surface area contributed by atoms with E-state index in [9.17, 15) is 8.78 Å². The highest BCUT2D eigenvalue weighted by molar-refractivity contribution is 5.67. The molecule has 0 radical (unpaired) electrons. The van der Waals surface area contributed by atoms with Crippen molar-refractivity contribution in [1.82, 2.24) is 5.32 Å². The number of rotatable bonds is 4. The molecule has 1 saturated carbocycles. The summed E-state index contributed by atoms with van der Waals surface area (Å²) in [6.07, 6.45) is 3.78. The summed E-state index contributed by atoms with van der Waals surface area (Å²) < 4.78 is 33.3. The summed E-state index contributed by atoms with van der Waals surface area (Å²) in [6.45, 7) is 2.13. The van der Waals surface area contributed by atoms with E-state index in [0.717, 1.165) is 12.8 Å². The maximum atomic E-state index is 14.1. The summed E-state index contributed by atoms with van der Waals surface area (Å²) in [5.41, 5.74) is 0.923. The van der Waals surface area contributed by atoms with Gasteiger partial charge in [0, 0.05) is 11.6 Å². The molecule has 0 unspecified atom stereocenters. The number of hydrogen-bond acceptors (Lipinski definition) is 2. The zero-order valence-electron chi connectivity index (χ0n) is 10.7. The first-order valence-electron chi connectivity index (χ1n) is 6.41. The molecule has 0 atom stereocenters. The number of nitrogens with one attached hydrogen (secondary N) is 1. The average molecular weight is 263 g/mol. The van der Waals surface area contributed by atoms with E-state index in [1.54, 1.807) is 13.0 Å². The standard InChI is InChI=1S/C15H15F2NO/c1-9-2-5-12(16)14(15(9)17)11-6-7-19-13(11)8-18-10-3-4-10/h2,5-7,10,18H,3-4,8H2,1H3. The summed E-state index contributed by atoms with van der Waals surface area (Å²) in [7, 11) is 0. The molecular weight excluding hydrogens is 248 g/mol. The van der Waals surface area contributed by atoms with Crippen molar-refractivity contribution in [3.63, 3.8) is 0 Å². The zero-order chi connectivity index (χ0) is 13.4. The fraction of sp³-hybridized carbons (Fsp3) is 0.333. The number of benzene rings is 1. The third-order valence-electron chi connectivity index (χ3n) is 3.43. The molecule has 19 heavy (non-hydrogen) atoms. The smallest absolute Gasteiger partial charge is 0.137 e. The summed E-state index contributed by atoms with van der Waals surface area (Å²) in [4.78, 5) is 0. The van der Waals surface area contributed by atoms with Gasteiger partial charge in [-0.05, 0) is 37.5 Å². The molecule has 1 aliphatic rings. The minimum atomic E-state index is -0.558. The Morgan fingerprint density at radius 1 is 1.26 bits per heavy atom. The molecule has 3 rings (SSSR count). The molecule has 2 nitrogen and oxygen atoms in total. The van der Waals surface area contributed by atoms with Crippen LogP contribution in [0.4, 0.5) is 8.78 Å². The molecule has 1 aromatic carbocycles. The molecule has 1 heterocycles. The summed E-state index contributed by atoms with van der Waals surface area (Å²) in [5.74, 6) is -0.499. The number of halogens is 2. The Hall–Kier alpha value is -1.68. The number of hydrogen-bond donors (Lipinski definition) is 1. The van der Waals surface area contributed by atoms with Gasteiger partial charge in [-0.1, -0.05) is 6.07 Å². The fourth-order valence-electron chi connectivity index (χ4n) is 2.13. The van der Waals surface area contributed by atoms with Crippen molar-refractivity contribution in [2.75, 3.05) is 0 Å². The lowest BCUT2D eigenvalue weighted by Crippen LogP contribution is -2.15. The Morgan fingerprint density at radius 3 is 2.79 bits per heavy atom. The highest BCUT2D eigenvalue weighted by Gasteiger charge is 2.23. The van der Waals surface area contributed by atoms with Crippen LogP contribution >= 0.6 is 0 Å². The van der Waals surface area contributed by atoms with Gasteiger partial charge >= 0.3 is 0 Å². The zero-order valence-corrected chi connectivity index (χ0v) is 10.7. The quantitative estimate of drug-likeness (QED) is 0.908. The van der Waals surface area contributed by atoms with Crippen LogP contribution in [0.3, 0.4) is 0 Å². The third-order valence-corrected chi connectivity index (χ3v) is 3.43. The van der Waals surface area contributed by atoms with E-state index in [-0.39, 0.29) is 5.56 Å². The van der Waals surface area contributed by atoms with E-state index < -0.39 is 11.6 Å². The molecular formula is C15H15F2NO. The average Bonchev–Trinajstić information content (AvgIpc) is 3.12. The molecule has 4 heteroatoms. The molecule has 1 aliphatic carbocycles. The van der Waals surface area contributed by atoms with Crippen LogP contribution in [-0.2, 0) is 6.54 Å². The van der Waals surface area contributed by atoms with Crippen molar-refractivity contribution in [3.05, 3.63) is 47.4 Å². The third kappa shape index (κ3) is 2.40. The Kier molecular flexibility index (Phi) is 3.11. The molecule has 1 aromatic heterocycles. The van der Waals surface area contributed by atoms with Crippen LogP contribution in [0.5, 0.6) is 0 Å². The molecule has 0 aliphatic heterocycles. The van der Waals surface area contributed by atoms with E-state index in [0.29, 0.717) is 29.5 Å². The fourth-order valence-corrected chi connectivity index (χ4v) is 2.13. The lowest BCUT2D eigenvalue weighted by atomic mass is 10.0. The highest BCUT2D eigenvalue weighted by Crippen LogP contribution is 2.32. The van der Waals surface area contributed by atoms with E-state index in [2.05, 4.69) is 5.32 Å². The van der Waals surface area contributed by atoms with Crippen molar-refractivity contribution in [3.8, 4) is 11.1 Å². The van der Waals surface area contributed by atoms with Gasteiger partial charge in [0.2, 0.25) is 0 Å². The Labute approximate surface area is 110 Å². The van der Waals surface area contributed by atoms with Gasteiger partial charge in [-0.15, -0.1) is 0 Å². The normalized spacial score (nSPS) is 14.9. The van der Waals surface area contributed by atoms with Gasteiger partial charge in [-0.2, -0.15) is 0 Å². The minimum absolute atomic E-state index is 0.00125. The molecule has 100 valence electrons. The van der Waals surface area contributed by atoms with Crippen LogP contribution in [0.1, 0.15) is 24.2 Å². The lowest BCUT2D eigenvalue weighted by Gasteiger charge is -2.08. The second-order valence-corrected chi connectivity index (χ2v) is 4.97. The number of furan rings is 1.